The number of guanidine groups is 1. The molecule has 7 nitrogen and oxygen atoms in total. The van der Waals surface area contributed by atoms with Crippen molar-refractivity contribution in [2.24, 2.45) is 4.99 Å². The highest BCUT2D eigenvalue weighted by Gasteiger charge is 2.05. The van der Waals surface area contributed by atoms with Crippen LogP contribution in [0, 0.1) is 10.1 Å². The molecule has 0 aliphatic rings. The van der Waals surface area contributed by atoms with Crippen molar-refractivity contribution in [3.63, 3.8) is 0 Å². The molecule has 2 rings (SSSR count). The van der Waals surface area contributed by atoms with Gasteiger partial charge >= 0.3 is 0 Å². The number of benzene rings is 2. The Morgan fingerprint density at radius 3 is 2.63 bits per heavy atom. The molecule has 144 valence electrons. The molecule has 0 bridgehead atoms. The first-order valence-electron chi connectivity index (χ1n) is 8.49. The van der Waals surface area contributed by atoms with Gasteiger partial charge in [-0.05, 0) is 29.5 Å². The largest absolute Gasteiger partial charge is 0.497 e. The molecule has 2 N–H and O–H groups in total. The van der Waals surface area contributed by atoms with Crippen LogP contribution in [0.5, 0.6) is 5.75 Å². The van der Waals surface area contributed by atoms with E-state index in [0.29, 0.717) is 19.0 Å². The summed E-state index contributed by atoms with van der Waals surface area (Å²) in [6.45, 7) is 1.85. The van der Waals surface area contributed by atoms with Crippen LogP contribution in [0.1, 0.15) is 11.1 Å². The number of hydrogen-bond acceptors (Lipinski definition) is 5. The van der Waals surface area contributed by atoms with Crippen LogP contribution >= 0.6 is 11.8 Å². The van der Waals surface area contributed by atoms with Gasteiger partial charge in [-0.25, -0.2) is 4.99 Å². The van der Waals surface area contributed by atoms with E-state index in [2.05, 4.69) is 21.9 Å². The molecule has 0 fully saturated rings. The summed E-state index contributed by atoms with van der Waals surface area (Å²) in [4.78, 5) is 15.0. The first kappa shape index (κ1) is 20.6. The van der Waals surface area contributed by atoms with Crippen molar-refractivity contribution in [1.29, 1.82) is 0 Å². The lowest BCUT2D eigenvalue weighted by atomic mass is 10.2. The SMILES string of the molecule is COc1cccc(CN=C(NCCSC)NCc2ccc([N+](=O)[O-])cc2)c1. The van der Waals surface area contributed by atoms with Crippen LogP contribution < -0.4 is 15.4 Å². The van der Waals surface area contributed by atoms with Gasteiger partial charge in [-0.3, -0.25) is 10.1 Å². The number of nitrogens with zero attached hydrogens (tertiary/aromatic N) is 2. The van der Waals surface area contributed by atoms with E-state index in [9.17, 15) is 10.1 Å². The maximum absolute atomic E-state index is 10.7. The molecule has 8 heteroatoms. The summed E-state index contributed by atoms with van der Waals surface area (Å²) in [5.41, 5.74) is 2.08. The molecule has 0 unspecified atom stereocenters. The summed E-state index contributed by atoms with van der Waals surface area (Å²) in [5.74, 6) is 2.47. The van der Waals surface area contributed by atoms with Gasteiger partial charge in [0.05, 0.1) is 18.6 Å². The molecule has 0 atom stereocenters. The molecule has 2 aromatic carbocycles. The lowest BCUT2D eigenvalue weighted by Crippen LogP contribution is -2.38. The smallest absolute Gasteiger partial charge is 0.269 e. The number of non-ortho nitro benzene ring substituents is 1. The number of aliphatic imine (C=N–C) groups is 1. The molecule has 0 aromatic heterocycles. The van der Waals surface area contributed by atoms with Gasteiger partial charge in [-0.15, -0.1) is 0 Å². The Labute approximate surface area is 163 Å². The fourth-order valence-electron chi connectivity index (χ4n) is 2.31. The second kappa shape index (κ2) is 11.1. The number of thioether (sulfide) groups is 1. The molecule has 0 saturated heterocycles. The van der Waals surface area contributed by atoms with Crippen LogP contribution in [0.3, 0.4) is 0 Å². The molecule has 0 amide bonds. The number of rotatable bonds is 9. The highest BCUT2D eigenvalue weighted by molar-refractivity contribution is 7.98. The van der Waals surface area contributed by atoms with Gasteiger partial charge in [0.15, 0.2) is 5.96 Å². The van der Waals surface area contributed by atoms with Crippen LogP contribution in [0.2, 0.25) is 0 Å². The molecule has 0 aliphatic heterocycles. The molecular weight excluding hydrogens is 364 g/mol. The second-order valence-electron chi connectivity index (χ2n) is 5.71. The van der Waals surface area contributed by atoms with Gasteiger partial charge in [0.25, 0.3) is 5.69 Å². The summed E-state index contributed by atoms with van der Waals surface area (Å²) < 4.78 is 5.24. The molecule has 27 heavy (non-hydrogen) atoms. The first-order valence-corrected chi connectivity index (χ1v) is 9.89. The number of ether oxygens (including phenoxy) is 1. The van der Waals surface area contributed by atoms with Crippen molar-refractivity contribution in [3.05, 3.63) is 69.8 Å². The quantitative estimate of drug-likeness (QED) is 0.225. The summed E-state index contributed by atoms with van der Waals surface area (Å²) in [7, 11) is 1.64. The Bertz CT molecular complexity index is 766. The number of nitrogens with one attached hydrogen (secondary N) is 2. The van der Waals surface area contributed by atoms with Crippen LogP contribution in [-0.2, 0) is 13.1 Å². The summed E-state index contributed by atoms with van der Waals surface area (Å²) in [6, 6.07) is 14.3. The van der Waals surface area contributed by atoms with Crippen molar-refractivity contribution >= 4 is 23.4 Å². The predicted octanol–water partition coefficient (Wildman–Crippen LogP) is 3.20. The summed E-state index contributed by atoms with van der Waals surface area (Å²) in [6.07, 6.45) is 2.05. The Balaban J connectivity index is 2.00. The highest BCUT2D eigenvalue weighted by Crippen LogP contribution is 2.13. The first-order chi connectivity index (χ1) is 13.1. The number of nitro groups is 1. The molecule has 0 spiro atoms. The minimum atomic E-state index is -0.401. The number of hydrogen-bond donors (Lipinski definition) is 2. The Morgan fingerprint density at radius 2 is 1.96 bits per heavy atom. The normalized spacial score (nSPS) is 11.1. The zero-order chi connectivity index (χ0) is 19.5. The average molecular weight is 388 g/mol. The lowest BCUT2D eigenvalue weighted by molar-refractivity contribution is -0.384. The Morgan fingerprint density at radius 1 is 1.19 bits per heavy atom. The Hall–Kier alpha value is -2.74. The fraction of sp³-hybridized carbons (Fsp3) is 0.316. The molecular formula is C19H24N4O3S. The lowest BCUT2D eigenvalue weighted by Gasteiger charge is -2.12. The van der Waals surface area contributed by atoms with Gasteiger partial charge in [-0.1, -0.05) is 24.3 Å². The second-order valence-corrected chi connectivity index (χ2v) is 6.70. The number of nitro benzene ring substituents is 1. The minimum absolute atomic E-state index is 0.0868. The van der Waals surface area contributed by atoms with Crippen LogP contribution in [0.15, 0.2) is 53.5 Å². The van der Waals surface area contributed by atoms with Gasteiger partial charge in [0, 0.05) is 31.0 Å². The van der Waals surface area contributed by atoms with Gasteiger partial charge in [0.1, 0.15) is 5.75 Å². The third kappa shape index (κ3) is 7.18. The highest BCUT2D eigenvalue weighted by atomic mass is 32.2. The van der Waals surface area contributed by atoms with Gasteiger partial charge in [0.2, 0.25) is 0 Å². The van der Waals surface area contributed by atoms with Crippen LogP contribution in [0.4, 0.5) is 5.69 Å². The average Bonchev–Trinajstić information content (AvgIpc) is 2.70. The molecule has 0 saturated carbocycles. The van der Waals surface area contributed by atoms with Crippen molar-refractivity contribution in [2.45, 2.75) is 13.1 Å². The zero-order valence-corrected chi connectivity index (χ0v) is 16.3. The standard InChI is InChI=1S/C19H24N4O3S/c1-26-18-5-3-4-16(12-18)14-22-19(20-10-11-27-2)21-13-15-6-8-17(9-7-15)23(24)25/h3-9,12H,10-11,13-14H2,1-2H3,(H2,20,21,22). The van der Waals surface area contributed by atoms with Crippen LogP contribution in [0.25, 0.3) is 0 Å². The van der Waals surface area contributed by atoms with Crippen molar-refractivity contribution in [2.75, 3.05) is 25.7 Å². The summed E-state index contributed by atoms with van der Waals surface area (Å²) in [5, 5.41) is 17.3. The van der Waals surface area contributed by atoms with E-state index in [4.69, 9.17) is 4.74 Å². The van der Waals surface area contributed by atoms with Gasteiger partial charge < -0.3 is 15.4 Å². The van der Waals surface area contributed by atoms with Crippen molar-refractivity contribution in [3.8, 4) is 5.75 Å². The summed E-state index contributed by atoms with van der Waals surface area (Å²) >= 11 is 1.76. The zero-order valence-electron chi connectivity index (χ0n) is 15.5. The van der Waals surface area contributed by atoms with Gasteiger partial charge in [-0.2, -0.15) is 11.8 Å². The third-order valence-corrected chi connectivity index (χ3v) is 4.37. The minimum Gasteiger partial charge on any atom is -0.497 e. The third-order valence-electron chi connectivity index (χ3n) is 3.76. The molecule has 0 radical (unpaired) electrons. The fourth-order valence-corrected chi connectivity index (χ4v) is 2.61. The Kier molecular flexibility index (Phi) is 8.44. The predicted molar refractivity (Wildman–Crippen MR) is 110 cm³/mol. The van der Waals surface area contributed by atoms with E-state index in [0.717, 1.165) is 29.2 Å². The molecule has 0 heterocycles. The van der Waals surface area contributed by atoms with E-state index in [1.54, 1.807) is 31.0 Å². The molecule has 2 aromatic rings. The maximum atomic E-state index is 10.7. The van der Waals surface area contributed by atoms with E-state index >= 15 is 0 Å². The monoisotopic (exact) mass is 388 g/mol. The van der Waals surface area contributed by atoms with E-state index in [1.165, 1.54) is 12.1 Å². The van der Waals surface area contributed by atoms with Crippen molar-refractivity contribution < 1.29 is 9.66 Å². The van der Waals surface area contributed by atoms with Crippen molar-refractivity contribution in [1.82, 2.24) is 10.6 Å². The topological polar surface area (TPSA) is 88.8 Å². The van der Waals surface area contributed by atoms with E-state index < -0.39 is 4.92 Å². The maximum Gasteiger partial charge on any atom is 0.269 e. The van der Waals surface area contributed by atoms with E-state index in [1.807, 2.05) is 24.3 Å². The molecule has 0 aliphatic carbocycles. The van der Waals surface area contributed by atoms with E-state index in [-0.39, 0.29) is 5.69 Å². The number of methoxy groups -OCH3 is 1. The van der Waals surface area contributed by atoms with Crippen LogP contribution in [-0.4, -0.2) is 36.5 Å².